The molecule has 0 aliphatic carbocycles. The van der Waals surface area contributed by atoms with E-state index < -0.39 is 0 Å². The van der Waals surface area contributed by atoms with E-state index in [9.17, 15) is 0 Å². The van der Waals surface area contributed by atoms with Crippen molar-refractivity contribution in [3.05, 3.63) is 133 Å². The van der Waals surface area contributed by atoms with Gasteiger partial charge in [0.05, 0.1) is 0 Å². The maximum Gasteiger partial charge on any atom is 0.136 e. The van der Waals surface area contributed by atoms with Gasteiger partial charge in [0, 0.05) is 10.8 Å². The van der Waals surface area contributed by atoms with Gasteiger partial charge >= 0.3 is 0 Å². The standard InChI is InChI=1S/C40H30O/c1-40(2,3)29-19-16-25(17-20-29)38-30-12-6-8-14-32(30)39(33-15-9-7-13-31(33)38)28-18-21-36-34(23-28)35-22-26-10-4-5-11-27(26)24-37(35)41-36/h4-24H,1-3H3. The van der Waals surface area contributed by atoms with Gasteiger partial charge in [-0.3, -0.25) is 0 Å². The summed E-state index contributed by atoms with van der Waals surface area (Å²) in [5.74, 6) is 0. The van der Waals surface area contributed by atoms with Gasteiger partial charge in [-0.05, 0) is 89.8 Å². The molecule has 196 valence electrons. The zero-order chi connectivity index (χ0) is 27.7. The number of hydrogen-bond donors (Lipinski definition) is 0. The van der Waals surface area contributed by atoms with Crippen molar-refractivity contribution in [2.45, 2.75) is 26.2 Å². The summed E-state index contributed by atoms with van der Waals surface area (Å²) in [7, 11) is 0. The molecule has 0 saturated heterocycles. The smallest absolute Gasteiger partial charge is 0.136 e. The predicted octanol–water partition coefficient (Wildman–Crippen LogP) is 11.7. The van der Waals surface area contributed by atoms with Crippen molar-refractivity contribution >= 4 is 54.3 Å². The van der Waals surface area contributed by atoms with Gasteiger partial charge in [-0.25, -0.2) is 0 Å². The van der Waals surface area contributed by atoms with Gasteiger partial charge in [0.15, 0.2) is 0 Å². The van der Waals surface area contributed by atoms with Crippen LogP contribution in [0.4, 0.5) is 0 Å². The van der Waals surface area contributed by atoms with Crippen LogP contribution >= 0.6 is 0 Å². The molecule has 0 bridgehead atoms. The predicted molar refractivity (Wildman–Crippen MR) is 176 cm³/mol. The van der Waals surface area contributed by atoms with Crippen LogP contribution in [-0.4, -0.2) is 0 Å². The Morgan fingerprint density at radius 1 is 0.415 bits per heavy atom. The Balaban J connectivity index is 1.42. The first kappa shape index (κ1) is 24.0. The molecule has 1 heteroatoms. The summed E-state index contributed by atoms with van der Waals surface area (Å²) in [6.07, 6.45) is 0. The largest absolute Gasteiger partial charge is 0.456 e. The average Bonchev–Trinajstić information content (AvgIpc) is 3.34. The van der Waals surface area contributed by atoms with Crippen LogP contribution in [0.1, 0.15) is 26.3 Å². The third-order valence-corrected chi connectivity index (χ3v) is 8.60. The normalized spacial score (nSPS) is 12.3. The maximum atomic E-state index is 6.34. The number of furan rings is 1. The average molecular weight is 527 g/mol. The van der Waals surface area contributed by atoms with Crippen LogP contribution in [0.5, 0.6) is 0 Å². The molecule has 1 heterocycles. The van der Waals surface area contributed by atoms with Crippen LogP contribution in [-0.2, 0) is 5.41 Å². The molecule has 1 aromatic heterocycles. The van der Waals surface area contributed by atoms with Crippen molar-refractivity contribution in [1.82, 2.24) is 0 Å². The molecule has 8 aromatic rings. The van der Waals surface area contributed by atoms with E-state index in [0.717, 1.165) is 21.9 Å². The minimum absolute atomic E-state index is 0.120. The Morgan fingerprint density at radius 2 is 0.902 bits per heavy atom. The molecular formula is C40H30O. The Labute approximate surface area is 239 Å². The van der Waals surface area contributed by atoms with Crippen molar-refractivity contribution in [2.24, 2.45) is 0 Å². The second-order valence-corrected chi connectivity index (χ2v) is 12.2. The van der Waals surface area contributed by atoms with Gasteiger partial charge in [0.2, 0.25) is 0 Å². The molecule has 0 N–H and O–H groups in total. The fourth-order valence-electron chi connectivity index (χ4n) is 6.51. The first-order valence-electron chi connectivity index (χ1n) is 14.4. The maximum absolute atomic E-state index is 6.34. The number of benzene rings is 7. The molecule has 41 heavy (non-hydrogen) atoms. The molecule has 0 aliphatic rings. The van der Waals surface area contributed by atoms with Gasteiger partial charge in [0.25, 0.3) is 0 Å². The number of rotatable bonds is 2. The van der Waals surface area contributed by atoms with E-state index in [-0.39, 0.29) is 5.41 Å². The van der Waals surface area contributed by atoms with E-state index >= 15 is 0 Å². The highest BCUT2D eigenvalue weighted by atomic mass is 16.3. The molecule has 1 nitrogen and oxygen atoms in total. The fraction of sp³-hybridized carbons (Fsp3) is 0.100. The SMILES string of the molecule is CC(C)(C)c1ccc(-c2c3ccccc3c(-c3ccc4oc5cc6ccccc6cc5c4c3)c3ccccc23)cc1. The van der Waals surface area contributed by atoms with E-state index in [1.54, 1.807) is 0 Å². The quantitative estimate of drug-likeness (QED) is 0.204. The van der Waals surface area contributed by atoms with Gasteiger partial charge in [-0.2, -0.15) is 0 Å². The minimum Gasteiger partial charge on any atom is -0.456 e. The van der Waals surface area contributed by atoms with Gasteiger partial charge in [-0.1, -0.05) is 124 Å². The lowest BCUT2D eigenvalue weighted by atomic mass is 9.83. The van der Waals surface area contributed by atoms with Gasteiger partial charge in [-0.15, -0.1) is 0 Å². The van der Waals surface area contributed by atoms with E-state index in [1.807, 2.05) is 0 Å². The monoisotopic (exact) mass is 526 g/mol. The highest BCUT2D eigenvalue weighted by Gasteiger charge is 2.19. The minimum atomic E-state index is 0.120. The number of fused-ring (bicyclic) bond motifs is 6. The molecular weight excluding hydrogens is 496 g/mol. The Morgan fingerprint density at radius 3 is 1.49 bits per heavy atom. The first-order valence-corrected chi connectivity index (χ1v) is 14.4. The van der Waals surface area contributed by atoms with Gasteiger partial charge < -0.3 is 4.42 Å². The first-order chi connectivity index (χ1) is 20.0. The lowest BCUT2D eigenvalue weighted by Crippen LogP contribution is -2.10. The second kappa shape index (κ2) is 8.81. The molecule has 0 fully saturated rings. The van der Waals surface area contributed by atoms with Crippen molar-refractivity contribution in [3.63, 3.8) is 0 Å². The van der Waals surface area contributed by atoms with Crippen molar-refractivity contribution in [2.75, 3.05) is 0 Å². The van der Waals surface area contributed by atoms with E-state index in [4.69, 9.17) is 4.42 Å². The molecule has 0 atom stereocenters. The molecule has 8 rings (SSSR count). The number of hydrogen-bond acceptors (Lipinski definition) is 1. The fourth-order valence-corrected chi connectivity index (χ4v) is 6.51. The van der Waals surface area contributed by atoms with Crippen LogP contribution in [0.2, 0.25) is 0 Å². The van der Waals surface area contributed by atoms with E-state index in [0.29, 0.717) is 0 Å². The second-order valence-electron chi connectivity index (χ2n) is 12.2. The zero-order valence-electron chi connectivity index (χ0n) is 23.5. The van der Waals surface area contributed by atoms with Crippen LogP contribution in [0, 0.1) is 0 Å². The Bertz CT molecular complexity index is 2220. The highest BCUT2D eigenvalue weighted by molar-refractivity contribution is 6.22. The van der Waals surface area contributed by atoms with Crippen LogP contribution in [0.25, 0.3) is 76.5 Å². The lowest BCUT2D eigenvalue weighted by molar-refractivity contribution is 0.590. The molecule has 0 aliphatic heterocycles. The molecule has 0 unspecified atom stereocenters. The summed E-state index contributed by atoms with van der Waals surface area (Å²) in [6.45, 7) is 6.80. The van der Waals surface area contributed by atoms with Crippen molar-refractivity contribution < 1.29 is 4.42 Å². The van der Waals surface area contributed by atoms with Crippen LogP contribution in [0.3, 0.4) is 0 Å². The summed E-state index contributed by atoms with van der Waals surface area (Å²) in [5.41, 5.74) is 8.33. The summed E-state index contributed by atoms with van der Waals surface area (Å²) < 4.78 is 6.34. The van der Waals surface area contributed by atoms with E-state index in [1.165, 1.54) is 60.1 Å². The van der Waals surface area contributed by atoms with Gasteiger partial charge in [0.1, 0.15) is 11.2 Å². The molecule has 0 spiro atoms. The molecule has 0 amide bonds. The third-order valence-electron chi connectivity index (χ3n) is 8.60. The highest BCUT2D eigenvalue weighted by Crippen LogP contribution is 2.45. The third kappa shape index (κ3) is 3.77. The summed E-state index contributed by atoms with van der Waals surface area (Å²) in [4.78, 5) is 0. The van der Waals surface area contributed by atoms with Crippen molar-refractivity contribution in [3.8, 4) is 22.3 Å². The summed E-state index contributed by atoms with van der Waals surface area (Å²) in [5, 5.41) is 9.80. The molecule has 0 radical (unpaired) electrons. The van der Waals surface area contributed by atoms with Crippen LogP contribution < -0.4 is 0 Å². The Kier molecular flexibility index (Phi) is 5.15. The van der Waals surface area contributed by atoms with Crippen molar-refractivity contribution in [1.29, 1.82) is 0 Å². The zero-order valence-corrected chi connectivity index (χ0v) is 23.5. The lowest BCUT2D eigenvalue weighted by Gasteiger charge is -2.21. The Hall–Kier alpha value is -4.88. The summed E-state index contributed by atoms with van der Waals surface area (Å²) >= 11 is 0. The van der Waals surface area contributed by atoms with E-state index in [2.05, 4.69) is 148 Å². The molecule has 0 saturated carbocycles. The summed E-state index contributed by atoms with van der Waals surface area (Å²) in [6, 6.07) is 46.5. The molecule has 7 aromatic carbocycles. The topological polar surface area (TPSA) is 13.1 Å². The van der Waals surface area contributed by atoms with Crippen LogP contribution in [0.15, 0.2) is 132 Å².